The van der Waals surface area contributed by atoms with Crippen molar-refractivity contribution in [1.82, 2.24) is 0 Å². The van der Waals surface area contributed by atoms with Gasteiger partial charge in [0.15, 0.2) is 0 Å². The molecule has 0 aliphatic heterocycles. The number of halogens is 1. The molecule has 0 unspecified atom stereocenters. The van der Waals surface area contributed by atoms with E-state index in [0.29, 0.717) is 23.3 Å². The maximum Gasteiger partial charge on any atom is 0.311 e. The first-order valence-electron chi connectivity index (χ1n) is 11.2. The molecule has 1 aromatic rings. The fourth-order valence-electron chi connectivity index (χ4n) is 3.40. The summed E-state index contributed by atoms with van der Waals surface area (Å²) in [6.45, 7) is 5.75. The SMILES string of the molecule is CCCCCCCCCCCCCCCC(=O)Oc1cc(C)c(O)c(Cl)c1C. The molecule has 160 valence electrons. The summed E-state index contributed by atoms with van der Waals surface area (Å²) in [6.07, 6.45) is 17.1. The van der Waals surface area contributed by atoms with Crippen LogP contribution in [0.1, 0.15) is 108 Å². The van der Waals surface area contributed by atoms with Crippen molar-refractivity contribution in [2.24, 2.45) is 0 Å². The quantitative estimate of drug-likeness (QED) is 0.181. The molecule has 0 radical (unpaired) electrons. The second kappa shape index (κ2) is 14.7. The van der Waals surface area contributed by atoms with Gasteiger partial charge in [0.25, 0.3) is 0 Å². The summed E-state index contributed by atoms with van der Waals surface area (Å²) in [6, 6.07) is 1.66. The van der Waals surface area contributed by atoms with Gasteiger partial charge in [-0.25, -0.2) is 0 Å². The maximum absolute atomic E-state index is 12.0. The number of phenols is 1. The summed E-state index contributed by atoms with van der Waals surface area (Å²) in [7, 11) is 0. The molecule has 0 spiro atoms. The smallest absolute Gasteiger partial charge is 0.311 e. The molecule has 0 fully saturated rings. The van der Waals surface area contributed by atoms with Gasteiger partial charge in [0.2, 0.25) is 0 Å². The first kappa shape index (κ1) is 24.8. The Balaban J connectivity index is 2.04. The van der Waals surface area contributed by atoms with Gasteiger partial charge in [0.1, 0.15) is 11.5 Å². The topological polar surface area (TPSA) is 46.5 Å². The minimum atomic E-state index is -0.229. The average Bonchev–Trinajstić information content (AvgIpc) is 2.68. The largest absolute Gasteiger partial charge is 0.506 e. The molecule has 0 saturated heterocycles. The Labute approximate surface area is 176 Å². The fraction of sp³-hybridized carbons (Fsp3) is 0.708. The molecular formula is C24H39ClO3. The molecule has 28 heavy (non-hydrogen) atoms. The van der Waals surface area contributed by atoms with Gasteiger partial charge in [-0.2, -0.15) is 0 Å². The van der Waals surface area contributed by atoms with Gasteiger partial charge in [0, 0.05) is 12.0 Å². The van der Waals surface area contributed by atoms with Crippen LogP contribution in [-0.4, -0.2) is 11.1 Å². The molecule has 0 aliphatic rings. The Hall–Kier alpha value is -1.22. The van der Waals surface area contributed by atoms with Crippen LogP contribution in [0.15, 0.2) is 6.07 Å². The van der Waals surface area contributed by atoms with Crippen LogP contribution in [0.2, 0.25) is 5.02 Å². The molecule has 0 atom stereocenters. The van der Waals surface area contributed by atoms with E-state index in [1.807, 2.05) is 0 Å². The standard InChI is InChI=1S/C24H39ClO3/c1-4-5-6-7-8-9-10-11-12-13-14-15-16-17-22(26)28-21-18-19(2)24(27)23(25)20(21)3/h18,27H,4-17H2,1-3H3. The third kappa shape index (κ3) is 9.82. The zero-order chi connectivity index (χ0) is 20.8. The summed E-state index contributed by atoms with van der Waals surface area (Å²) in [5.41, 5.74) is 1.21. The molecule has 0 aliphatic carbocycles. The molecule has 0 saturated carbocycles. The lowest BCUT2D eigenvalue weighted by Crippen LogP contribution is -2.09. The number of ether oxygens (including phenoxy) is 1. The lowest BCUT2D eigenvalue weighted by atomic mass is 10.0. The van der Waals surface area contributed by atoms with Crippen LogP contribution in [-0.2, 0) is 4.79 Å². The third-order valence-corrected chi connectivity index (χ3v) is 5.80. The summed E-state index contributed by atoms with van der Waals surface area (Å²) >= 11 is 6.07. The minimum Gasteiger partial charge on any atom is -0.506 e. The number of carbonyl (C=O) groups is 1. The van der Waals surface area contributed by atoms with E-state index >= 15 is 0 Å². The van der Waals surface area contributed by atoms with E-state index in [0.717, 1.165) is 12.8 Å². The Morgan fingerprint density at radius 3 is 1.86 bits per heavy atom. The summed E-state index contributed by atoms with van der Waals surface area (Å²) in [5, 5.41) is 10.1. The molecule has 1 aromatic carbocycles. The van der Waals surface area contributed by atoms with E-state index in [9.17, 15) is 9.90 Å². The minimum absolute atomic E-state index is 0.0514. The predicted octanol–water partition coefficient (Wildman–Crippen LogP) is 8.05. The Morgan fingerprint density at radius 2 is 1.36 bits per heavy atom. The van der Waals surface area contributed by atoms with Crippen molar-refractivity contribution >= 4 is 17.6 Å². The van der Waals surface area contributed by atoms with Crippen molar-refractivity contribution in [1.29, 1.82) is 0 Å². The van der Waals surface area contributed by atoms with E-state index in [4.69, 9.17) is 16.3 Å². The van der Waals surface area contributed by atoms with Crippen LogP contribution in [0.3, 0.4) is 0 Å². The number of esters is 1. The monoisotopic (exact) mass is 410 g/mol. The molecule has 4 heteroatoms. The number of aryl methyl sites for hydroxylation is 1. The average molecular weight is 411 g/mol. The van der Waals surface area contributed by atoms with Crippen molar-refractivity contribution in [2.45, 2.75) is 111 Å². The van der Waals surface area contributed by atoms with Gasteiger partial charge >= 0.3 is 5.97 Å². The molecule has 0 aromatic heterocycles. The van der Waals surface area contributed by atoms with Crippen LogP contribution in [0, 0.1) is 13.8 Å². The lowest BCUT2D eigenvalue weighted by molar-refractivity contribution is -0.134. The highest BCUT2D eigenvalue weighted by molar-refractivity contribution is 6.33. The fourth-order valence-corrected chi connectivity index (χ4v) is 3.64. The highest BCUT2D eigenvalue weighted by Gasteiger charge is 2.14. The van der Waals surface area contributed by atoms with Crippen molar-refractivity contribution in [2.75, 3.05) is 0 Å². The lowest BCUT2D eigenvalue weighted by Gasteiger charge is -2.12. The maximum atomic E-state index is 12.0. The van der Waals surface area contributed by atoms with Gasteiger partial charge < -0.3 is 9.84 Å². The van der Waals surface area contributed by atoms with E-state index in [1.54, 1.807) is 19.9 Å². The Morgan fingerprint density at radius 1 is 0.893 bits per heavy atom. The van der Waals surface area contributed by atoms with Gasteiger partial charge in [-0.3, -0.25) is 4.79 Å². The molecule has 3 nitrogen and oxygen atoms in total. The highest BCUT2D eigenvalue weighted by Crippen LogP contribution is 2.36. The summed E-state index contributed by atoms with van der Waals surface area (Å²) in [5.74, 6) is 0.266. The Bertz CT molecular complexity index is 584. The zero-order valence-corrected chi connectivity index (χ0v) is 18.9. The Kier molecular flexibility index (Phi) is 13.1. The number of benzene rings is 1. The summed E-state index contributed by atoms with van der Waals surface area (Å²) < 4.78 is 5.43. The van der Waals surface area contributed by atoms with Crippen molar-refractivity contribution < 1.29 is 14.6 Å². The van der Waals surface area contributed by atoms with Crippen molar-refractivity contribution in [3.05, 3.63) is 22.2 Å². The molecular weight excluding hydrogens is 372 g/mol. The molecule has 0 bridgehead atoms. The summed E-state index contributed by atoms with van der Waals surface area (Å²) in [4.78, 5) is 12.0. The van der Waals surface area contributed by atoms with Crippen LogP contribution < -0.4 is 4.74 Å². The number of unbranched alkanes of at least 4 members (excludes halogenated alkanes) is 12. The van der Waals surface area contributed by atoms with Gasteiger partial charge in [-0.15, -0.1) is 0 Å². The second-order valence-corrected chi connectivity index (χ2v) is 8.32. The van der Waals surface area contributed by atoms with Crippen molar-refractivity contribution in [3.8, 4) is 11.5 Å². The van der Waals surface area contributed by atoms with E-state index < -0.39 is 0 Å². The molecule has 0 heterocycles. The number of phenolic OH excluding ortho intramolecular Hbond substituents is 1. The van der Waals surface area contributed by atoms with Crippen LogP contribution >= 0.6 is 11.6 Å². The van der Waals surface area contributed by atoms with Crippen LogP contribution in [0.25, 0.3) is 0 Å². The number of carbonyl (C=O) groups excluding carboxylic acids is 1. The molecule has 0 amide bonds. The van der Waals surface area contributed by atoms with E-state index in [2.05, 4.69) is 6.92 Å². The van der Waals surface area contributed by atoms with E-state index in [1.165, 1.54) is 70.6 Å². The van der Waals surface area contributed by atoms with Gasteiger partial charge in [0.05, 0.1) is 5.02 Å². The highest BCUT2D eigenvalue weighted by atomic mass is 35.5. The first-order valence-corrected chi connectivity index (χ1v) is 11.5. The third-order valence-electron chi connectivity index (χ3n) is 5.34. The predicted molar refractivity (Wildman–Crippen MR) is 119 cm³/mol. The van der Waals surface area contributed by atoms with Gasteiger partial charge in [-0.05, 0) is 31.9 Å². The van der Waals surface area contributed by atoms with Crippen LogP contribution in [0.5, 0.6) is 11.5 Å². The van der Waals surface area contributed by atoms with Crippen LogP contribution in [0.4, 0.5) is 0 Å². The first-order chi connectivity index (χ1) is 13.5. The van der Waals surface area contributed by atoms with Crippen molar-refractivity contribution in [3.63, 3.8) is 0 Å². The normalized spacial score (nSPS) is 11.0. The number of hydrogen-bond acceptors (Lipinski definition) is 3. The number of aromatic hydroxyl groups is 1. The second-order valence-electron chi connectivity index (χ2n) is 7.95. The van der Waals surface area contributed by atoms with Gasteiger partial charge in [-0.1, -0.05) is 95.6 Å². The molecule has 1 N–H and O–H groups in total. The number of hydrogen-bond donors (Lipinski definition) is 1. The zero-order valence-electron chi connectivity index (χ0n) is 18.1. The van der Waals surface area contributed by atoms with E-state index in [-0.39, 0.29) is 16.7 Å². The molecule has 1 rings (SSSR count). The number of rotatable bonds is 15.